The third-order valence-corrected chi connectivity index (χ3v) is 3.55. The molecule has 3 N–H and O–H groups in total. The van der Waals surface area contributed by atoms with E-state index >= 15 is 0 Å². The fourth-order valence-electron chi connectivity index (χ4n) is 2.44. The van der Waals surface area contributed by atoms with Crippen LogP contribution in [0, 0.1) is 6.92 Å². The summed E-state index contributed by atoms with van der Waals surface area (Å²) >= 11 is 0. The average Bonchev–Trinajstić information content (AvgIpc) is 2.90. The van der Waals surface area contributed by atoms with Crippen LogP contribution >= 0.6 is 0 Å². The lowest BCUT2D eigenvalue weighted by Crippen LogP contribution is -2.39. The van der Waals surface area contributed by atoms with E-state index in [0.717, 1.165) is 16.8 Å². The molecular weight excluding hydrogens is 308 g/mol. The quantitative estimate of drug-likeness (QED) is 0.724. The molecule has 0 aliphatic heterocycles. The van der Waals surface area contributed by atoms with Crippen LogP contribution in [0.5, 0.6) is 0 Å². The lowest BCUT2D eigenvalue weighted by Gasteiger charge is -2.14. The molecule has 7 heteroatoms. The van der Waals surface area contributed by atoms with Gasteiger partial charge in [-0.25, -0.2) is 9.48 Å². The lowest BCUT2D eigenvalue weighted by molar-refractivity contribution is 0.173. The zero-order valence-electron chi connectivity index (χ0n) is 14.2. The van der Waals surface area contributed by atoms with Gasteiger partial charge in [0, 0.05) is 18.7 Å². The molecule has 1 atom stereocenters. The molecular formula is C17H24N4O3. The molecule has 0 aliphatic carbocycles. The maximum atomic E-state index is 12.1. The lowest BCUT2D eigenvalue weighted by atomic mass is 10.1. The van der Waals surface area contributed by atoms with E-state index in [4.69, 9.17) is 4.74 Å². The SMILES string of the molecule is COC[C@H](C)NC(=O)Nc1cc(-c2ccccc2C)nn1CCO. The number of urea groups is 1. The summed E-state index contributed by atoms with van der Waals surface area (Å²) < 4.78 is 6.58. The van der Waals surface area contributed by atoms with Crippen molar-refractivity contribution in [2.45, 2.75) is 26.4 Å². The van der Waals surface area contributed by atoms with Crippen molar-refractivity contribution in [1.82, 2.24) is 15.1 Å². The highest BCUT2D eigenvalue weighted by molar-refractivity contribution is 5.89. The summed E-state index contributed by atoms with van der Waals surface area (Å²) in [6.45, 7) is 4.53. The maximum Gasteiger partial charge on any atom is 0.320 e. The number of aliphatic hydroxyl groups is 1. The monoisotopic (exact) mass is 332 g/mol. The molecule has 0 fully saturated rings. The number of anilines is 1. The number of rotatable bonds is 7. The van der Waals surface area contributed by atoms with Gasteiger partial charge in [0.1, 0.15) is 5.82 Å². The van der Waals surface area contributed by atoms with Crippen LogP contribution in [0.3, 0.4) is 0 Å². The van der Waals surface area contributed by atoms with E-state index in [1.165, 1.54) is 0 Å². The maximum absolute atomic E-state index is 12.1. The molecule has 0 unspecified atom stereocenters. The first-order valence-electron chi connectivity index (χ1n) is 7.86. The van der Waals surface area contributed by atoms with Gasteiger partial charge in [-0.05, 0) is 19.4 Å². The highest BCUT2D eigenvalue weighted by Crippen LogP contribution is 2.24. The van der Waals surface area contributed by atoms with Crippen LogP contribution in [-0.4, -0.2) is 47.3 Å². The number of ether oxygens (including phenoxy) is 1. The van der Waals surface area contributed by atoms with Crippen LogP contribution in [0.2, 0.25) is 0 Å². The minimum Gasteiger partial charge on any atom is -0.394 e. The molecule has 0 bridgehead atoms. The van der Waals surface area contributed by atoms with Crippen LogP contribution in [-0.2, 0) is 11.3 Å². The Kier molecular flexibility index (Phi) is 6.34. The second kappa shape index (κ2) is 8.47. The largest absolute Gasteiger partial charge is 0.394 e. The highest BCUT2D eigenvalue weighted by Gasteiger charge is 2.14. The molecule has 0 radical (unpaired) electrons. The Bertz CT molecular complexity index is 684. The number of methoxy groups -OCH3 is 1. The Morgan fingerprint density at radius 1 is 1.42 bits per heavy atom. The van der Waals surface area contributed by atoms with E-state index in [0.29, 0.717) is 19.0 Å². The molecule has 2 amide bonds. The van der Waals surface area contributed by atoms with Gasteiger partial charge < -0.3 is 15.2 Å². The summed E-state index contributed by atoms with van der Waals surface area (Å²) in [6, 6.07) is 9.25. The molecule has 1 heterocycles. The summed E-state index contributed by atoms with van der Waals surface area (Å²) in [4.78, 5) is 12.1. The van der Waals surface area contributed by atoms with Gasteiger partial charge in [0.05, 0.1) is 31.5 Å². The van der Waals surface area contributed by atoms with Gasteiger partial charge in [-0.15, -0.1) is 0 Å². The summed E-state index contributed by atoms with van der Waals surface area (Å²) in [5, 5.41) is 19.3. The molecule has 0 saturated carbocycles. The molecule has 2 aromatic rings. The highest BCUT2D eigenvalue weighted by atomic mass is 16.5. The van der Waals surface area contributed by atoms with E-state index in [2.05, 4.69) is 15.7 Å². The molecule has 2 rings (SSSR count). The Morgan fingerprint density at radius 2 is 2.17 bits per heavy atom. The van der Waals surface area contributed by atoms with Crippen molar-refractivity contribution >= 4 is 11.8 Å². The first kappa shape index (κ1) is 18.0. The van der Waals surface area contributed by atoms with Crippen LogP contribution in [0.25, 0.3) is 11.3 Å². The van der Waals surface area contributed by atoms with Gasteiger partial charge >= 0.3 is 6.03 Å². The van der Waals surface area contributed by atoms with Crippen molar-refractivity contribution in [3.05, 3.63) is 35.9 Å². The molecule has 1 aromatic heterocycles. The first-order valence-corrected chi connectivity index (χ1v) is 7.86. The summed E-state index contributed by atoms with van der Waals surface area (Å²) in [6.07, 6.45) is 0. The van der Waals surface area contributed by atoms with Crippen molar-refractivity contribution < 1.29 is 14.6 Å². The van der Waals surface area contributed by atoms with Crippen molar-refractivity contribution in [3.63, 3.8) is 0 Å². The molecule has 1 aromatic carbocycles. The molecule has 130 valence electrons. The molecule has 0 aliphatic rings. The van der Waals surface area contributed by atoms with Gasteiger partial charge in [0.2, 0.25) is 0 Å². The standard InChI is InChI=1S/C17H24N4O3/c1-12-6-4-5-7-14(12)15-10-16(21(20-15)8-9-22)19-17(23)18-13(2)11-24-3/h4-7,10,13,22H,8-9,11H2,1-3H3,(H2,18,19,23)/t13-/m0/s1. The van der Waals surface area contributed by atoms with E-state index < -0.39 is 0 Å². The number of hydrogen-bond acceptors (Lipinski definition) is 4. The minimum absolute atomic E-state index is 0.0642. The van der Waals surface area contributed by atoms with Gasteiger partial charge in [-0.3, -0.25) is 5.32 Å². The number of aromatic nitrogens is 2. The Hall–Kier alpha value is -2.38. The second-order valence-electron chi connectivity index (χ2n) is 5.63. The number of carbonyl (C=O) groups is 1. The van der Waals surface area contributed by atoms with E-state index in [1.54, 1.807) is 17.9 Å². The number of hydrogen-bond donors (Lipinski definition) is 3. The topological polar surface area (TPSA) is 88.4 Å². The number of benzene rings is 1. The molecule has 0 spiro atoms. The number of amides is 2. The predicted molar refractivity (Wildman–Crippen MR) is 93.0 cm³/mol. The molecule has 7 nitrogen and oxygen atoms in total. The Morgan fingerprint density at radius 3 is 2.83 bits per heavy atom. The van der Waals surface area contributed by atoms with E-state index in [9.17, 15) is 9.90 Å². The number of aliphatic hydroxyl groups excluding tert-OH is 1. The van der Waals surface area contributed by atoms with Crippen LogP contribution in [0.4, 0.5) is 10.6 Å². The smallest absolute Gasteiger partial charge is 0.320 e. The van der Waals surface area contributed by atoms with E-state index in [1.807, 2.05) is 38.1 Å². The normalized spacial score (nSPS) is 12.0. The van der Waals surface area contributed by atoms with Gasteiger partial charge in [-0.2, -0.15) is 5.10 Å². The van der Waals surface area contributed by atoms with Crippen molar-refractivity contribution in [3.8, 4) is 11.3 Å². The van der Waals surface area contributed by atoms with Crippen LogP contribution in [0.1, 0.15) is 12.5 Å². The zero-order valence-corrected chi connectivity index (χ0v) is 14.2. The fourth-order valence-corrected chi connectivity index (χ4v) is 2.44. The van der Waals surface area contributed by atoms with Crippen molar-refractivity contribution in [2.75, 3.05) is 25.6 Å². The third-order valence-electron chi connectivity index (χ3n) is 3.55. The van der Waals surface area contributed by atoms with Crippen LogP contribution in [0.15, 0.2) is 30.3 Å². The number of nitrogens with zero attached hydrogens (tertiary/aromatic N) is 2. The third kappa shape index (κ3) is 4.56. The Balaban J connectivity index is 2.20. The zero-order chi connectivity index (χ0) is 17.5. The average molecular weight is 332 g/mol. The molecule has 0 saturated heterocycles. The second-order valence-corrected chi connectivity index (χ2v) is 5.63. The van der Waals surface area contributed by atoms with Gasteiger partial charge in [-0.1, -0.05) is 24.3 Å². The van der Waals surface area contributed by atoms with Crippen molar-refractivity contribution in [1.29, 1.82) is 0 Å². The van der Waals surface area contributed by atoms with Gasteiger partial charge in [0.15, 0.2) is 0 Å². The minimum atomic E-state index is -0.338. The fraction of sp³-hybridized carbons (Fsp3) is 0.412. The van der Waals surface area contributed by atoms with Crippen LogP contribution < -0.4 is 10.6 Å². The summed E-state index contributed by atoms with van der Waals surface area (Å²) in [7, 11) is 1.58. The number of aryl methyl sites for hydroxylation is 1. The Labute approximate surface area is 141 Å². The number of carbonyl (C=O) groups excluding carboxylic acids is 1. The summed E-state index contributed by atoms with van der Waals surface area (Å²) in [5.41, 5.74) is 2.84. The van der Waals surface area contributed by atoms with E-state index in [-0.39, 0.29) is 18.7 Å². The molecule has 24 heavy (non-hydrogen) atoms. The van der Waals surface area contributed by atoms with Gasteiger partial charge in [0.25, 0.3) is 0 Å². The predicted octanol–water partition coefficient (Wildman–Crippen LogP) is 2.01. The van der Waals surface area contributed by atoms with Crippen molar-refractivity contribution in [2.24, 2.45) is 0 Å². The summed E-state index contributed by atoms with van der Waals surface area (Å²) in [5.74, 6) is 0.532. The first-order chi connectivity index (χ1) is 11.5. The number of nitrogens with one attached hydrogen (secondary N) is 2.